The number of unbranched alkanes of at least 4 members (excludes halogenated alkanes) is 1. The van der Waals surface area contributed by atoms with E-state index >= 15 is 0 Å². The van der Waals surface area contributed by atoms with E-state index in [9.17, 15) is 8.78 Å². The minimum atomic E-state index is -2.55. The van der Waals surface area contributed by atoms with Gasteiger partial charge in [0.05, 0.1) is 7.11 Å². The van der Waals surface area contributed by atoms with E-state index in [1.807, 2.05) is 6.07 Å². The first-order chi connectivity index (χ1) is 11.6. The molecule has 1 fully saturated rings. The fourth-order valence-electron chi connectivity index (χ4n) is 3.65. The number of halogens is 4. The van der Waals surface area contributed by atoms with Gasteiger partial charge in [-0.2, -0.15) is 0 Å². The third kappa shape index (κ3) is 5.57. The third-order valence-electron chi connectivity index (χ3n) is 5.10. The van der Waals surface area contributed by atoms with Gasteiger partial charge in [-0.1, -0.05) is 0 Å². The standard InChI is InChI=1S/C18H27F2N3O.2ClH/c1-24-16-11-14(23-17-15(16)6-4-9-22-17)5-2-3-8-18(19,20)13-7-10-21-12-13;;/h11,13,21H,2-10,12H2,1H3,(H,22,23);2*1H. The molecule has 150 valence electrons. The number of fused-ring (bicyclic) bond motifs is 1. The summed E-state index contributed by atoms with van der Waals surface area (Å²) in [5.74, 6) is -1.28. The van der Waals surface area contributed by atoms with E-state index in [2.05, 4.69) is 15.6 Å². The van der Waals surface area contributed by atoms with E-state index in [1.165, 1.54) is 0 Å². The summed E-state index contributed by atoms with van der Waals surface area (Å²) >= 11 is 0. The lowest BCUT2D eigenvalue weighted by atomic mass is 9.95. The Labute approximate surface area is 166 Å². The van der Waals surface area contributed by atoms with Crippen molar-refractivity contribution < 1.29 is 13.5 Å². The van der Waals surface area contributed by atoms with Gasteiger partial charge in [0.15, 0.2) is 0 Å². The van der Waals surface area contributed by atoms with E-state index in [0.29, 0.717) is 32.4 Å². The summed E-state index contributed by atoms with van der Waals surface area (Å²) < 4.78 is 33.7. The molecular weight excluding hydrogens is 383 g/mol. The first-order valence-corrected chi connectivity index (χ1v) is 8.99. The lowest BCUT2D eigenvalue weighted by molar-refractivity contribution is -0.0597. The first kappa shape index (κ1) is 23.2. The van der Waals surface area contributed by atoms with Crippen molar-refractivity contribution in [1.82, 2.24) is 10.3 Å². The number of nitrogens with zero attached hydrogens (tertiary/aromatic N) is 1. The molecule has 1 atom stereocenters. The molecule has 2 aliphatic rings. The molecule has 4 nitrogen and oxygen atoms in total. The van der Waals surface area contributed by atoms with Crippen molar-refractivity contribution in [3.63, 3.8) is 0 Å². The van der Waals surface area contributed by atoms with E-state index in [-0.39, 0.29) is 31.2 Å². The maximum atomic E-state index is 14.1. The number of pyridine rings is 1. The molecule has 0 radical (unpaired) electrons. The molecule has 1 saturated heterocycles. The maximum absolute atomic E-state index is 14.1. The molecular formula is C18H29Cl2F2N3O. The average Bonchev–Trinajstić information content (AvgIpc) is 3.13. The Morgan fingerprint density at radius 3 is 2.77 bits per heavy atom. The monoisotopic (exact) mass is 411 g/mol. The molecule has 2 N–H and O–H groups in total. The zero-order valence-corrected chi connectivity index (χ0v) is 16.8. The Morgan fingerprint density at radius 1 is 1.27 bits per heavy atom. The Bertz CT molecular complexity index is 552. The zero-order chi connectivity index (χ0) is 17.0. The first-order valence-electron chi connectivity index (χ1n) is 8.99. The number of aromatic nitrogens is 1. The zero-order valence-electron chi connectivity index (χ0n) is 15.2. The molecule has 0 saturated carbocycles. The highest BCUT2D eigenvalue weighted by Crippen LogP contribution is 2.34. The number of hydrogen-bond acceptors (Lipinski definition) is 4. The van der Waals surface area contributed by atoms with Crippen LogP contribution in [0.15, 0.2) is 6.07 Å². The number of rotatable bonds is 7. The van der Waals surface area contributed by atoms with Crippen LogP contribution in [-0.2, 0) is 12.8 Å². The van der Waals surface area contributed by atoms with Gasteiger partial charge in [-0.3, -0.25) is 0 Å². The van der Waals surface area contributed by atoms with Crippen molar-refractivity contribution in [3.05, 3.63) is 17.3 Å². The lowest BCUT2D eigenvalue weighted by Gasteiger charge is -2.22. The molecule has 3 heterocycles. The van der Waals surface area contributed by atoms with Gasteiger partial charge in [-0.05, 0) is 45.1 Å². The molecule has 0 bridgehead atoms. The lowest BCUT2D eigenvalue weighted by Crippen LogP contribution is -2.30. The normalized spacial score (nSPS) is 19.0. The van der Waals surface area contributed by atoms with Crippen molar-refractivity contribution in [2.24, 2.45) is 5.92 Å². The Morgan fingerprint density at radius 2 is 2.08 bits per heavy atom. The van der Waals surface area contributed by atoms with Crippen LogP contribution in [0.1, 0.15) is 43.4 Å². The third-order valence-corrected chi connectivity index (χ3v) is 5.10. The molecule has 8 heteroatoms. The van der Waals surface area contributed by atoms with Crippen molar-refractivity contribution in [2.75, 3.05) is 32.1 Å². The van der Waals surface area contributed by atoms with Crippen molar-refractivity contribution in [3.8, 4) is 5.75 Å². The van der Waals surface area contributed by atoms with Gasteiger partial charge in [0, 0.05) is 42.8 Å². The Balaban J connectivity index is 0.00000169. The molecule has 1 aromatic heterocycles. The molecule has 0 aliphatic carbocycles. The van der Waals surface area contributed by atoms with E-state index in [4.69, 9.17) is 4.74 Å². The van der Waals surface area contributed by atoms with Crippen LogP contribution in [0.25, 0.3) is 0 Å². The highest BCUT2D eigenvalue weighted by Gasteiger charge is 2.40. The van der Waals surface area contributed by atoms with Crippen LogP contribution in [0.5, 0.6) is 5.75 Å². The van der Waals surface area contributed by atoms with Gasteiger partial charge in [0.1, 0.15) is 11.6 Å². The fourth-order valence-corrected chi connectivity index (χ4v) is 3.65. The highest BCUT2D eigenvalue weighted by atomic mass is 35.5. The summed E-state index contributed by atoms with van der Waals surface area (Å²) in [5.41, 5.74) is 2.05. The Kier molecular flexibility index (Phi) is 9.34. The summed E-state index contributed by atoms with van der Waals surface area (Å²) in [5, 5.41) is 6.34. The van der Waals surface area contributed by atoms with Crippen molar-refractivity contribution >= 4 is 30.6 Å². The van der Waals surface area contributed by atoms with Gasteiger partial charge in [-0.25, -0.2) is 13.8 Å². The number of anilines is 1. The van der Waals surface area contributed by atoms with E-state index in [0.717, 1.165) is 48.6 Å². The second-order valence-electron chi connectivity index (χ2n) is 6.83. The minimum Gasteiger partial charge on any atom is -0.496 e. The predicted molar refractivity (Wildman–Crippen MR) is 106 cm³/mol. The maximum Gasteiger partial charge on any atom is 0.252 e. The molecule has 3 rings (SSSR count). The summed E-state index contributed by atoms with van der Waals surface area (Å²) in [7, 11) is 1.67. The quantitative estimate of drug-likeness (QED) is 0.658. The second kappa shape index (κ2) is 10.5. The number of methoxy groups -OCH3 is 1. The van der Waals surface area contributed by atoms with E-state index < -0.39 is 11.8 Å². The van der Waals surface area contributed by atoms with Gasteiger partial charge in [0.25, 0.3) is 5.92 Å². The van der Waals surface area contributed by atoms with Crippen LogP contribution in [0.4, 0.5) is 14.6 Å². The average molecular weight is 412 g/mol. The predicted octanol–water partition coefficient (Wildman–Crippen LogP) is 4.25. The number of aryl methyl sites for hydroxylation is 1. The van der Waals surface area contributed by atoms with Crippen LogP contribution in [0.3, 0.4) is 0 Å². The molecule has 1 aromatic rings. The topological polar surface area (TPSA) is 46.2 Å². The summed E-state index contributed by atoms with van der Waals surface area (Å²) in [6, 6.07) is 1.96. The largest absolute Gasteiger partial charge is 0.496 e. The highest BCUT2D eigenvalue weighted by molar-refractivity contribution is 5.85. The van der Waals surface area contributed by atoms with Crippen LogP contribution in [0, 0.1) is 5.92 Å². The summed E-state index contributed by atoms with van der Waals surface area (Å²) in [4.78, 5) is 4.64. The van der Waals surface area contributed by atoms with Crippen molar-refractivity contribution in [1.29, 1.82) is 0 Å². The van der Waals surface area contributed by atoms with Crippen LogP contribution >= 0.6 is 24.8 Å². The fraction of sp³-hybridized carbons (Fsp3) is 0.722. The van der Waals surface area contributed by atoms with Crippen LogP contribution in [-0.4, -0.2) is 37.7 Å². The number of ether oxygens (including phenoxy) is 1. The summed E-state index contributed by atoms with van der Waals surface area (Å²) in [6.07, 6.45) is 4.57. The Hall–Kier alpha value is -0.850. The molecule has 26 heavy (non-hydrogen) atoms. The second-order valence-corrected chi connectivity index (χ2v) is 6.83. The van der Waals surface area contributed by atoms with Gasteiger partial charge >= 0.3 is 0 Å². The van der Waals surface area contributed by atoms with Crippen LogP contribution < -0.4 is 15.4 Å². The number of alkyl halides is 2. The SMILES string of the molecule is COc1cc(CCCCC(F)(F)C2CCNC2)nc2c1CCCN2.Cl.Cl. The van der Waals surface area contributed by atoms with Gasteiger partial charge < -0.3 is 15.4 Å². The smallest absolute Gasteiger partial charge is 0.252 e. The number of nitrogens with one attached hydrogen (secondary N) is 2. The summed E-state index contributed by atoms with van der Waals surface area (Å²) in [6.45, 7) is 2.09. The van der Waals surface area contributed by atoms with Gasteiger partial charge in [0.2, 0.25) is 0 Å². The molecule has 1 unspecified atom stereocenters. The van der Waals surface area contributed by atoms with Gasteiger partial charge in [-0.15, -0.1) is 24.8 Å². The van der Waals surface area contributed by atoms with Crippen molar-refractivity contribution in [2.45, 2.75) is 50.9 Å². The molecule has 0 aromatic carbocycles. The minimum absolute atomic E-state index is 0. The van der Waals surface area contributed by atoms with E-state index in [1.54, 1.807) is 7.11 Å². The van der Waals surface area contributed by atoms with Crippen LogP contribution in [0.2, 0.25) is 0 Å². The molecule has 0 amide bonds. The molecule has 0 spiro atoms. The molecule has 2 aliphatic heterocycles. The number of hydrogen-bond donors (Lipinski definition) is 2.